The Hall–Kier alpha value is -1.13. The van der Waals surface area contributed by atoms with Crippen LogP contribution in [0, 0.1) is 0 Å². The van der Waals surface area contributed by atoms with Crippen LogP contribution in [0.5, 0.6) is 0 Å². The highest BCUT2D eigenvalue weighted by molar-refractivity contribution is 6.45. The summed E-state index contributed by atoms with van der Waals surface area (Å²) in [6.45, 7) is 0. The molecule has 0 aliphatic rings. The second-order valence-electron chi connectivity index (χ2n) is 1.99. The molecule has 0 amide bonds. The summed E-state index contributed by atoms with van der Waals surface area (Å²) >= 11 is 0. The third-order valence-corrected chi connectivity index (χ3v) is 1.85. The van der Waals surface area contributed by atoms with Gasteiger partial charge in [0.1, 0.15) is 0 Å². The van der Waals surface area contributed by atoms with Crippen molar-refractivity contribution in [2.75, 3.05) is 0 Å². The molecule has 3 nitrogen and oxygen atoms in total. The van der Waals surface area contributed by atoms with Crippen molar-refractivity contribution in [2.24, 2.45) is 0 Å². The molecule has 0 bridgehead atoms. The lowest BCUT2D eigenvalue weighted by Crippen LogP contribution is -2.13. The van der Waals surface area contributed by atoms with Crippen LogP contribution in [0.25, 0.3) is 0 Å². The Labute approximate surface area is 66.2 Å². The highest BCUT2D eigenvalue weighted by Crippen LogP contribution is 1.95. The van der Waals surface area contributed by atoms with Crippen molar-refractivity contribution in [1.82, 2.24) is 0 Å². The van der Waals surface area contributed by atoms with Gasteiger partial charge < -0.3 is 9.90 Å². The van der Waals surface area contributed by atoms with Crippen LogP contribution in [0.2, 0.25) is 0 Å². The van der Waals surface area contributed by atoms with Crippen LogP contribution in [-0.2, 0) is 0 Å². The predicted molar refractivity (Wildman–Crippen MR) is 41.0 cm³/mol. The average Bonchev–Trinajstić information content (AvgIpc) is 2.05. The first kappa shape index (κ1) is 7.97. The number of hydrogen-bond acceptors (Lipinski definition) is 2. The zero-order valence-electron chi connectivity index (χ0n) is 5.61. The fourth-order valence-electron chi connectivity index (χ4n) is 0.687. The number of carbonyl (C=O) groups is 1. The summed E-state index contributed by atoms with van der Waals surface area (Å²) < 4.78 is 0. The van der Waals surface area contributed by atoms with Gasteiger partial charge in [-0.2, -0.15) is 0 Å². The van der Waals surface area contributed by atoms with Crippen molar-refractivity contribution < 1.29 is 14.7 Å². The van der Waals surface area contributed by atoms with Crippen molar-refractivity contribution in [3.05, 3.63) is 29.8 Å². The minimum Gasteiger partial charge on any atom is -0.478 e. The second kappa shape index (κ2) is 3.31. The Bertz CT molecular complexity index is 255. The van der Waals surface area contributed by atoms with Gasteiger partial charge in [0.05, 0.1) is 5.56 Å². The van der Waals surface area contributed by atoms with Crippen LogP contribution in [-0.4, -0.2) is 25.6 Å². The van der Waals surface area contributed by atoms with E-state index in [9.17, 15) is 4.79 Å². The molecule has 2 radical (unpaired) electrons. The summed E-state index contributed by atoms with van der Waals surface area (Å²) in [5, 5.41) is 9.23. The fourth-order valence-corrected chi connectivity index (χ4v) is 1.00. The van der Waals surface area contributed by atoms with Gasteiger partial charge in [0.15, 0.2) is 0 Å². The Morgan fingerprint density at radius 1 is 1.27 bits per heavy atom. The van der Waals surface area contributed by atoms with E-state index >= 15 is 0 Å². The number of carboxylic acids is 1. The van der Waals surface area contributed by atoms with Crippen molar-refractivity contribution in [3.8, 4) is 0 Å². The van der Waals surface area contributed by atoms with E-state index in [-0.39, 0.29) is 15.3 Å². The monoisotopic (exact) mass is 166 g/mol. The van der Waals surface area contributed by atoms with Gasteiger partial charge in [0.2, 0.25) is 0 Å². The zero-order chi connectivity index (χ0) is 8.27. The summed E-state index contributed by atoms with van der Waals surface area (Å²) in [5.41, 5.74) is 0.243. The van der Waals surface area contributed by atoms with Gasteiger partial charge in [-0.25, -0.2) is 4.79 Å². The third kappa shape index (κ3) is 1.89. The van der Waals surface area contributed by atoms with Gasteiger partial charge in [-0.15, -0.1) is 0 Å². The van der Waals surface area contributed by atoms with E-state index in [1.807, 2.05) is 0 Å². The van der Waals surface area contributed by atoms with Crippen molar-refractivity contribution in [1.29, 1.82) is 0 Å². The second-order valence-corrected chi connectivity index (χ2v) is 2.80. The lowest BCUT2D eigenvalue weighted by atomic mass is 10.2. The van der Waals surface area contributed by atoms with E-state index < -0.39 is 5.97 Å². The predicted octanol–water partition coefficient (Wildman–Crippen LogP) is -0.378. The van der Waals surface area contributed by atoms with Gasteiger partial charge >= 0.3 is 5.97 Å². The van der Waals surface area contributed by atoms with E-state index in [0.29, 0.717) is 0 Å². The number of benzene rings is 1. The van der Waals surface area contributed by atoms with E-state index in [2.05, 4.69) is 0 Å². The minimum absolute atomic E-state index is 0.243. The Morgan fingerprint density at radius 2 is 1.82 bits per heavy atom. The molecule has 0 spiro atoms. The smallest absolute Gasteiger partial charge is 0.335 e. The number of carboxylic acid groups (broad SMARTS) is 1. The molecule has 0 atom stereocenters. The molecule has 0 heterocycles. The summed E-state index contributed by atoms with van der Waals surface area (Å²) in [6.07, 6.45) is 0. The number of rotatable bonds is 2. The molecular weight excluding hydrogens is 160 g/mol. The van der Waals surface area contributed by atoms with Gasteiger partial charge in [-0.3, -0.25) is 0 Å². The lowest BCUT2D eigenvalue weighted by molar-refractivity contribution is 0.0697. The maximum Gasteiger partial charge on any atom is 0.335 e. The summed E-state index contributed by atoms with van der Waals surface area (Å²) in [4.78, 5) is 19.0. The largest absolute Gasteiger partial charge is 0.478 e. The normalized spacial score (nSPS) is 9.55. The van der Waals surface area contributed by atoms with E-state index in [1.165, 1.54) is 12.1 Å². The summed E-state index contributed by atoms with van der Waals surface area (Å²) in [5.74, 6) is -0.946. The van der Waals surface area contributed by atoms with Crippen molar-refractivity contribution >= 4 is 20.9 Å². The number of aromatic carboxylic acids is 1. The highest BCUT2D eigenvalue weighted by Gasteiger charge is 2.00. The van der Waals surface area contributed by atoms with Gasteiger partial charge in [-0.1, -0.05) is 12.1 Å². The van der Waals surface area contributed by atoms with Crippen molar-refractivity contribution in [2.45, 2.75) is 0 Å². The molecular formula is C7H6O3Si. The van der Waals surface area contributed by atoms with Gasteiger partial charge in [0, 0.05) is 0 Å². The van der Waals surface area contributed by atoms with E-state index in [0.717, 1.165) is 5.19 Å². The fraction of sp³-hybridized carbons (Fsp3) is 0. The quantitative estimate of drug-likeness (QED) is 0.589. The molecule has 4 heteroatoms. The molecule has 0 saturated carbocycles. The van der Waals surface area contributed by atoms with Crippen LogP contribution in [0.15, 0.2) is 24.3 Å². The standard InChI is InChI=1S/C7H6O3Si/c8-7(9)5-1-3-6(11-10)4-2-5/h1-4,10H,(H,8,9). The molecule has 1 rings (SSSR count). The molecule has 0 aliphatic heterocycles. The van der Waals surface area contributed by atoms with Gasteiger partial charge in [-0.05, 0) is 17.3 Å². The molecule has 0 unspecified atom stereocenters. The first-order valence-electron chi connectivity index (χ1n) is 2.97. The molecule has 1 aromatic carbocycles. The van der Waals surface area contributed by atoms with Crippen LogP contribution in [0.4, 0.5) is 0 Å². The van der Waals surface area contributed by atoms with Crippen LogP contribution < -0.4 is 5.19 Å². The van der Waals surface area contributed by atoms with E-state index in [4.69, 9.17) is 9.90 Å². The van der Waals surface area contributed by atoms with Crippen LogP contribution in [0.1, 0.15) is 10.4 Å². The minimum atomic E-state index is -0.946. The lowest BCUT2D eigenvalue weighted by Gasteiger charge is -1.94. The average molecular weight is 166 g/mol. The molecule has 56 valence electrons. The molecule has 0 saturated heterocycles. The highest BCUT2D eigenvalue weighted by atomic mass is 28.2. The Morgan fingerprint density at radius 3 is 2.18 bits per heavy atom. The number of hydrogen-bond donors (Lipinski definition) is 2. The SMILES string of the molecule is O=C(O)c1ccc([Si]O)cc1. The third-order valence-electron chi connectivity index (χ3n) is 1.26. The molecule has 2 N–H and O–H groups in total. The molecule has 11 heavy (non-hydrogen) atoms. The van der Waals surface area contributed by atoms with Gasteiger partial charge in [0.25, 0.3) is 9.76 Å². The molecule has 1 aromatic rings. The molecule has 0 aromatic heterocycles. The topological polar surface area (TPSA) is 57.5 Å². The summed E-state index contributed by atoms with van der Waals surface area (Å²) in [6, 6.07) is 6.14. The maximum absolute atomic E-state index is 10.3. The van der Waals surface area contributed by atoms with Crippen LogP contribution in [0.3, 0.4) is 0 Å². The van der Waals surface area contributed by atoms with Crippen LogP contribution >= 0.6 is 0 Å². The van der Waals surface area contributed by atoms with E-state index in [1.54, 1.807) is 12.1 Å². The first-order chi connectivity index (χ1) is 5.24. The first-order valence-corrected chi connectivity index (χ1v) is 3.92. The van der Waals surface area contributed by atoms with Crippen molar-refractivity contribution in [3.63, 3.8) is 0 Å². The zero-order valence-corrected chi connectivity index (χ0v) is 6.61. The maximum atomic E-state index is 10.3. The Kier molecular flexibility index (Phi) is 2.40. The summed E-state index contributed by atoms with van der Waals surface area (Å²) in [7, 11) is -0.273. The molecule has 0 fully saturated rings. The molecule has 0 aliphatic carbocycles. The Balaban J connectivity index is 2.91.